The molecule has 3 heterocycles. The van der Waals surface area contributed by atoms with Crippen LogP contribution in [0.25, 0.3) is 61.8 Å². The van der Waals surface area contributed by atoms with Gasteiger partial charge in [0.25, 0.3) is 0 Å². The molecule has 7 aromatic rings. The number of phenols is 1. The van der Waals surface area contributed by atoms with E-state index in [9.17, 15) is 5.11 Å². The Kier molecular flexibility index (Phi) is 9.25. The van der Waals surface area contributed by atoms with E-state index in [0.29, 0.717) is 11.5 Å². The molecule has 0 fully saturated rings. The first-order chi connectivity index (χ1) is 22.4. The quantitative estimate of drug-likeness (QED) is 0.164. The molecule has 0 unspecified atom stereocenters. The van der Waals surface area contributed by atoms with E-state index in [2.05, 4.69) is 117 Å². The van der Waals surface area contributed by atoms with E-state index >= 15 is 0 Å². The van der Waals surface area contributed by atoms with Crippen LogP contribution in [0.3, 0.4) is 0 Å². The average molecular weight is 794 g/mol. The first-order valence-electron chi connectivity index (χ1n) is 15.9. The third kappa shape index (κ3) is 6.18. The van der Waals surface area contributed by atoms with Gasteiger partial charge in [0.05, 0.1) is 5.69 Å². The van der Waals surface area contributed by atoms with Crippen LogP contribution in [0.4, 0.5) is 0 Å². The standard InChI is InChI=1S/C42H36N3O.Pt/c1-27(2)34-20-12-21-36(41(34)46)38-26-33(29-14-7-5-8-15-29)25-37(43-38)31-18-11-19-32(24-31)39-40(30-16-9-6-10-17-30)45-23-13-22-35(28(3)4)42(45)44-39;/h5-23,25-28,46H,1-4H3;/q-1;. The maximum Gasteiger partial charge on any atom is 0.132 e. The van der Waals surface area contributed by atoms with Crippen molar-refractivity contribution < 1.29 is 26.2 Å². The summed E-state index contributed by atoms with van der Waals surface area (Å²) >= 11 is 0. The maximum atomic E-state index is 11.3. The van der Waals surface area contributed by atoms with Gasteiger partial charge in [0.1, 0.15) is 11.4 Å². The van der Waals surface area contributed by atoms with Crippen molar-refractivity contribution >= 4 is 5.65 Å². The molecule has 0 saturated carbocycles. The number of aromatic nitrogens is 3. The van der Waals surface area contributed by atoms with Crippen molar-refractivity contribution in [3.8, 4) is 61.9 Å². The third-order valence-corrected chi connectivity index (χ3v) is 8.57. The van der Waals surface area contributed by atoms with E-state index in [-0.39, 0.29) is 32.7 Å². The van der Waals surface area contributed by atoms with Crippen LogP contribution < -0.4 is 0 Å². The van der Waals surface area contributed by atoms with E-state index in [4.69, 9.17) is 9.97 Å². The summed E-state index contributed by atoms with van der Waals surface area (Å²) in [6.45, 7) is 8.59. The van der Waals surface area contributed by atoms with Gasteiger partial charge >= 0.3 is 0 Å². The molecule has 0 atom stereocenters. The van der Waals surface area contributed by atoms with Gasteiger partial charge in [0.2, 0.25) is 0 Å². The Hall–Kier alpha value is -4.79. The van der Waals surface area contributed by atoms with Crippen LogP contribution in [0.5, 0.6) is 5.75 Å². The summed E-state index contributed by atoms with van der Waals surface area (Å²) in [6.07, 6.45) is 2.10. The van der Waals surface area contributed by atoms with Gasteiger partial charge in [0.15, 0.2) is 0 Å². The van der Waals surface area contributed by atoms with Gasteiger partial charge < -0.3 is 9.51 Å². The minimum Gasteiger partial charge on any atom is -0.507 e. The Morgan fingerprint density at radius 3 is 1.91 bits per heavy atom. The number of aromatic hydroxyl groups is 1. The second-order valence-electron chi connectivity index (χ2n) is 12.4. The molecule has 7 rings (SSSR count). The van der Waals surface area contributed by atoms with E-state index in [1.807, 2.05) is 48.5 Å². The number of phenolic OH excluding ortho intramolecular Hbond substituents is 1. The predicted molar refractivity (Wildman–Crippen MR) is 189 cm³/mol. The van der Waals surface area contributed by atoms with Gasteiger partial charge in [-0.1, -0.05) is 124 Å². The fourth-order valence-corrected chi connectivity index (χ4v) is 6.19. The summed E-state index contributed by atoms with van der Waals surface area (Å²) in [5.41, 5.74) is 12.1. The van der Waals surface area contributed by atoms with Gasteiger partial charge in [-0.25, -0.2) is 0 Å². The number of nitrogens with zero attached hydrogens (tertiary/aromatic N) is 3. The second kappa shape index (κ2) is 13.5. The number of fused-ring (bicyclic) bond motifs is 1. The van der Waals surface area contributed by atoms with Crippen molar-refractivity contribution in [2.75, 3.05) is 0 Å². The molecule has 0 saturated heterocycles. The topological polar surface area (TPSA) is 50.4 Å². The number of benzene rings is 4. The maximum absolute atomic E-state index is 11.3. The molecular weight excluding hydrogens is 758 g/mol. The molecule has 1 N–H and O–H groups in total. The van der Waals surface area contributed by atoms with Gasteiger partial charge in [-0.3, -0.25) is 9.97 Å². The van der Waals surface area contributed by atoms with Crippen molar-refractivity contribution in [3.63, 3.8) is 0 Å². The Balaban J connectivity index is 0.00000386. The largest absolute Gasteiger partial charge is 0.507 e. The third-order valence-electron chi connectivity index (χ3n) is 8.57. The number of imidazole rings is 1. The summed E-state index contributed by atoms with van der Waals surface area (Å²) < 4.78 is 2.21. The zero-order valence-corrected chi connectivity index (χ0v) is 29.2. The van der Waals surface area contributed by atoms with Crippen molar-refractivity contribution in [1.29, 1.82) is 0 Å². The van der Waals surface area contributed by atoms with E-state index < -0.39 is 0 Å². The van der Waals surface area contributed by atoms with Crippen LogP contribution in [0, 0.1) is 6.07 Å². The molecule has 4 aromatic carbocycles. The first kappa shape index (κ1) is 32.2. The molecule has 0 spiro atoms. The fraction of sp³-hybridized carbons (Fsp3) is 0.143. The summed E-state index contributed by atoms with van der Waals surface area (Å²) in [6, 6.07) is 45.0. The average Bonchev–Trinajstić information content (AvgIpc) is 3.49. The second-order valence-corrected chi connectivity index (χ2v) is 12.4. The van der Waals surface area contributed by atoms with E-state index in [0.717, 1.165) is 61.8 Å². The molecule has 0 aliphatic rings. The Morgan fingerprint density at radius 2 is 1.21 bits per heavy atom. The molecule has 3 aromatic heterocycles. The normalized spacial score (nSPS) is 11.3. The number of pyridine rings is 2. The minimum absolute atomic E-state index is 0. The number of hydrogen-bond acceptors (Lipinski definition) is 3. The molecule has 0 aliphatic carbocycles. The Labute approximate surface area is 291 Å². The smallest absolute Gasteiger partial charge is 0.132 e. The summed E-state index contributed by atoms with van der Waals surface area (Å²) in [4.78, 5) is 10.4. The molecule has 0 aliphatic heterocycles. The van der Waals surface area contributed by atoms with Crippen LogP contribution in [0.1, 0.15) is 50.7 Å². The van der Waals surface area contributed by atoms with Crippen LogP contribution in [0.2, 0.25) is 0 Å². The monoisotopic (exact) mass is 793 g/mol. The van der Waals surface area contributed by atoms with Crippen LogP contribution in [-0.4, -0.2) is 19.5 Å². The number of para-hydroxylation sites is 1. The molecule has 0 radical (unpaired) electrons. The molecule has 0 amide bonds. The van der Waals surface area contributed by atoms with Crippen molar-refractivity contribution in [1.82, 2.24) is 14.4 Å². The zero-order valence-electron chi connectivity index (χ0n) is 26.9. The van der Waals surface area contributed by atoms with Crippen molar-refractivity contribution in [2.24, 2.45) is 0 Å². The summed E-state index contributed by atoms with van der Waals surface area (Å²) in [5.74, 6) is 0.783. The molecule has 47 heavy (non-hydrogen) atoms. The fourth-order valence-electron chi connectivity index (χ4n) is 6.19. The Morgan fingerprint density at radius 1 is 0.596 bits per heavy atom. The molecular formula is C42H36N3OPt-. The number of hydrogen-bond donors (Lipinski definition) is 1. The molecule has 0 bridgehead atoms. The first-order valence-corrected chi connectivity index (χ1v) is 15.9. The van der Waals surface area contributed by atoms with Crippen LogP contribution >= 0.6 is 0 Å². The van der Waals surface area contributed by atoms with Crippen LogP contribution in [-0.2, 0) is 21.1 Å². The van der Waals surface area contributed by atoms with E-state index in [1.54, 1.807) is 0 Å². The van der Waals surface area contributed by atoms with Gasteiger partial charge in [-0.05, 0) is 57.9 Å². The molecule has 4 nitrogen and oxygen atoms in total. The summed E-state index contributed by atoms with van der Waals surface area (Å²) in [7, 11) is 0. The summed E-state index contributed by atoms with van der Waals surface area (Å²) in [5, 5.41) is 11.3. The Bertz CT molecular complexity index is 2170. The zero-order chi connectivity index (χ0) is 31.8. The van der Waals surface area contributed by atoms with Gasteiger partial charge in [-0.2, -0.15) is 0 Å². The van der Waals surface area contributed by atoms with Crippen molar-refractivity contribution in [3.05, 3.63) is 145 Å². The van der Waals surface area contributed by atoms with Crippen LogP contribution in [0.15, 0.2) is 128 Å². The number of rotatable bonds is 7. The minimum atomic E-state index is 0. The molecule has 5 heteroatoms. The predicted octanol–water partition coefficient (Wildman–Crippen LogP) is 10.8. The van der Waals surface area contributed by atoms with Gasteiger partial charge in [-0.15, -0.1) is 24.3 Å². The van der Waals surface area contributed by atoms with E-state index in [1.165, 1.54) is 5.56 Å². The van der Waals surface area contributed by atoms with Crippen molar-refractivity contribution in [2.45, 2.75) is 39.5 Å². The molecule has 236 valence electrons. The van der Waals surface area contributed by atoms with Gasteiger partial charge in [0, 0.05) is 49.9 Å². The SMILES string of the molecule is CC(C)c1cccc(-c2cc(-c3ccccc3)cc(-c3[c-]c(-c4nc5c(C(C)C)cccn5c4-c4ccccc4)ccc3)n2)c1O.[Pt].